The first-order valence-corrected chi connectivity index (χ1v) is 2.70. The number of carboxylic acid groups (broad SMARTS) is 1. The predicted molar refractivity (Wildman–Crippen MR) is 38.5 cm³/mol. The van der Waals surface area contributed by atoms with Crippen molar-refractivity contribution in [2.75, 3.05) is 27.6 Å². The molecule has 0 spiro atoms. The van der Waals surface area contributed by atoms with Gasteiger partial charge in [0.2, 0.25) is 1.43 Å². The molecule has 0 unspecified atom stereocenters. The molecule has 0 aliphatic carbocycles. The van der Waals surface area contributed by atoms with Gasteiger partial charge < -0.3 is 19.5 Å². The van der Waals surface area contributed by atoms with Crippen LogP contribution in [0.1, 0.15) is 17.3 Å². The first-order valence-electron chi connectivity index (χ1n) is 7.11. The minimum Gasteiger partial charge on any atom is -0.550 e. The molecule has 4 heteroatoms. The van der Waals surface area contributed by atoms with E-state index in [1.165, 1.54) is 0 Å². The topological polar surface area (TPSA) is 60.4 Å². The van der Waals surface area contributed by atoms with Gasteiger partial charge in [-0.1, -0.05) is 0 Å². The molecule has 11 heavy (non-hydrogen) atoms. The van der Waals surface area contributed by atoms with E-state index in [9.17, 15) is 9.90 Å². The van der Waals surface area contributed by atoms with Crippen molar-refractivity contribution >= 4 is 5.97 Å². The second kappa shape index (κ2) is 3.69. The molecule has 0 amide bonds. The molecule has 0 aromatic rings. The number of quaternary nitrogens is 1. The summed E-state index contributed by atoms with van der Waals surface area (Å²) < 4.78 is 64.2. The number of aliphatic carboxylic acids is 1. The maximum atomic E-state index is 10.8. The Balaban J connectivity index is 6.20. The Morgan fingerprint density at radius 3 is 3.09 bits per heavy atom. The van der Waals surface area contributed by atoms with Crippen LogP contribution in [0.2, 0.25) is 0 Å². The average Bonchev–Trinajstić information content (AvgIpc) is 2.25. The second-order valence-corrected chi connectivity index (χ2v) is 2.31. The Hall–Kier alpha value is -0.610. The lowest BCUT2D eigenvalue weighted by atomic mass is 10.2. The molecule has 66 valence electrons. The lowest BCUT2D eigenvalue weighted by Crippen LogP contribution is -2.43. The summed E-state index contributed by atoms with van der Waals surface area (Å²) in [5, 5.41) is 14.5. The molecule has 1 N–H and O–H groups in total. The Morgan fingerprint density at radius 1 is 2.09 bits per heavy atom. The lowest BCUT2D eigenvalue weighted by molar-refractivity contribution is -0.873. The van der Waals surface area contributed by atoms with Crippen molar-refractivity contribution in [2.45, 2.75) is 12.5 Å². The third kappa shape index (κ3) is 7.29. The van der Waals surface area contributed by atoms with Gasteiger partial charge in [-0.25, -0.2) is 0 Å². The van der Waals surface area contributed by atoms with Gasteiger partial charge in [0.05, 0.1) is 29.3 Å². The van der Waals surface area contributed by atoms with Gasteiger partial charge in [0.1, 0.15) is 12.6 Å². The maximum absolute atomic E-state index is 10.8. The number of aliphatic hydroxyl groups is 1. The molecule has 0 aromatic heterocycles. The highest BCUT2D eigenvalue weighted by Crippen LogP contribution is 1.97. The van der Waals surface area contributed by atoms with E-state index in [-0.39, 0.29) is 0 Å². The SMILES string of the molecule is [2H]O[C@@]([2H])(C([2H])([2H])C(=O)[O-])C([2H])([2H])[N+](C)(C)C([2H])([2H])[2H]. The van der Waals surface area contributed by atoms with Crippen LogP contribution in [-0.4, -0.2) is 50.6 Å². The van der Waals surface area contributed by atoms with Gasteiger partial charge in [-0.2, -0.15) is 0 Å². The van der Waals surface area contributed by atoms with E-state index in [0.717, 1.165) is 14.1 Å². The number of rotatable bonds is 5. The number of hydrogen-bond acceptors (Lipinski definition) is 3. The zero-order valence-corrected chi connectivity index (χ0v) is 6.17. The van der Waals surface area contributed by atoms with Gasteiger partial charge in [0.25, 0.3) is 0 Å². The first-order chi connectivity index (χ1) is 8.50. The molecule has 0 aliphatic heterocycles. The van der Waals surface area contributed by atoms with Crippen LogP contribution in [0, 0.1) is 0 Å². The summed E-state index contributed by atoms with van der Waals surface area (Å²) in [7, 11) is 1.61. The number of carbonyl (C=O) groups is 1. The number of hydrogen-bond donors (Lipinski definition) is 1. The van der Waals surface area contributed by atoms with Crippen LogP contribution in [0.15, 0.2) is 0 Å². The summed E-state index contributed by atoms with van der Waals surface area (Å²) in [6.07, 6.45) is -7.43. The summed E-state index contributed by atoms with van der Waals surface area (Å²) in [4.78, 5) is 10.8. The minimum atomic E-state index is -3.76. The first kappa shape index (κ1) is 2.71. The van der Waals surface area contributed by atoms with Crippen molar-refractivity contribution in [3.63, 3.8) is 0 Å². The third-order valence-electron chi connectivity index (χ3n) is 0.597. The van der Waals surface area contributed by atoms with Crippen LogP contribution in [0.25, 0.3) is 0 Å². The third-order valence-corrected chi connectivity index (χ3v) is 0.597. The van der Waals surface area contributed by atoms with Crippen LogP contribution in [0.3, 0.4) is 0 Å². The smallest absolute Gasteiger partial charge is 0.211 e. The summed E-state index contributed by atoms with van der Waals surface area (Å²) in [5.74, 6) is -2.49. The summed E-state index contributed by atoms with van der Waals surface area (Å²) >= 11 is 0. The molecule has 1 atom stereocenters. The van der Waals surface area contributed by atoms with Gasteiger partial charge >= 0.3 is 0 Å². The normalized spacial score (nSPS) is 33.1. The molecule has 0 rings (SSSR count). The monoisotopic (exact) mass is 170 g/mol. The minimum absolute atomic E-state index is 0.806. The molecule has 0 fully saturated rings. The van der Waals surface area contributed by atoms with Gasteiger partial charge in [-0.3, -0.25) is 0 Å². The van der Waals surface area contributed by atoms with E-state index in [2.05, 4.69) is 5.11 Å². The van der Waals surface area contributed by atoms with Crippen molar-refractivity contribution in [3.05, 3.63) is 0 Å². The number of carbonyl (C=O) groups excluding carboxylic acids is 1. The van der Waals surface area contributed by atoms with E-state index < -0.39 is 36.4 Å². The summed E-state index contributed by atoms with van der Waals surface area (Å²) in [6, 6.07) is 0. The van der Waals surface area contributed by atoms with Crippen LogP contribution >= 0.6 is 0 Å². The van der Waals surface area contributed by atoms with Crippen LogP contribution in [-0.2, 0) is 4.79 Å². The number of likely N-dealkylation sites (N-methyl/N-ethyl adjacent to an activating group) is 1. The fraction of sp³-hybridized carbons (Fsp3) is 0.857. The molecular formula is C7H15NO3. The van der Waals surface area contributed by atoms with E-state index in [1.54, 1.807) is 0 Å². The highest BCUT2D eigenvalue weighted by Gasteiger charge is 2.14. The van der Waals surface area contributed by atoms with Gasteiger partial charge in [0, 0.05) is 15.1 Å². The lowest BCUT2D eigenvalue weighted by Gasteiger charge is -2.26. The van der Waals surface area contributed by atoms with Crippen molar-refractivity contribution in [3.8, 4) is 0 Å². The second-order valence-electron chi connectivity index (χ2n) is 2.31. The Kier molecular flexibility index (Phi) is 0.908. The highest BCUT2D eigenvalue weighted by molar-refractivity contribution is 5.64. The van der Waals surface area contributed by atoms with Crippen LogP contribution < -0.4 is 5.11 Å². The Labute approximate surface area is 79.4 Å². The van der Waals surface area contributed by atoms with Gasteiger partial charge in [-0.05, 0) is 0 Å². The number of nitrogens with zero attached hydrogens (tertiary/aromatic N) is 1. The largest absolute Gasteiger partial charge is 0.550 e. The van der Waals surface area contributed by atoms with E-state index >= 15 is 0 Å². The van der Waals surface area contributed by atoms with Crippen molar-refractivity contribution in [1.29, 1.82) is 1.43 Å². The van der Waals surface area contributed by atoms with E-state index in [4.69, 9.17) is 12.4 Å². The highest BCUT2D eigenvalue weighted by atomic mass is 16.4. The molecule has 4 nitrogen and oxygen atoms in total. The molecule has 0 saturated heterocycles. The fourth-order valence-corrected chi connectivity index (χ4v) is 0.375. The molecular weight excluding hydrogens is 146 g/mol. The Bertz CT molecular complexity index is 393. The molecule has 0 aromatic carbocycles. The van der Waals surface area contributed by atoms with Crippen molar-refractivity contribution in [1.82, 2.24) is 0 Å². The fourth-order valence-electron chi connectivity index (χ4n) is 0.375. The standard InChI is InChI=1S/C7H15NO3/c1-8(2,3)5-6(9)4-7(10)11/h6,9H,4-5H2,1-3H3/t6-/m0/s1/i1D3,4D2,5D2,6D,9D. The zero-order chi connectivity index (χ0) is 16.8. The summed E-state index contributed by atoms with van der Waals surface area (Å²) in [5.41, 5.74) is 0. The number of carboxylic acids is 1. The van der Waals surface area contributed by atoms with Crippen molar-refractivity contribution < 1.29 is 30.5 Å². The quantitative estimate of drug-likeness (QED) is 0.495. The van der Waals surface area contributed by atoms with Gasteiger partial charge in [0.15, 0.2) is 0 Å². The summed E-state index contributed by atoms with van der Waals surface area (Å²) in [6.45, 7) is -6.47. The molecule has 0 aliphatic rings. The maximum Gasteiger partial charge on any atom is 0.211 e. The average molecular weight is 170 g/mol. The van der Waals surface area contributed by atoms with E-state index in [1.807, 2.05) is 0 Å². The van der Waals surface area contributed by atoms with Gasteiger partial charge in [-0.15, -0.1) is 0 Å². The predicted octanol–water partition coefficient (Wildman–Crippen LogP) is -1.81. The molecule has 0 heterocycles. The Morgan fingerprint density at radius 2 is 2.73 bits per heavy atom. The molecule has 0 radical (unpaired) electrons. The molecule has 0 saturated carbocycles. The van der Waals surface area contributed by atoms with Crippen molar-refractivity contribution in [2.24, 2.45) is 0 Å². The van der Waals surface area contributed by atoms with E-state index in [0.29, 0.717) is 0 Å². The zero-order valence-electron chi connectivity index (χ0n) is 15.2. The molecule has 0 bridgehead atoms. The van der Waals surface area contributed by atoms with Crippen LogP contribution in [0.4, 0.5) is 0 Å². The van der Waals surface area contributed by atoms with Crippen LogP contribution in [0.5, 0.6) is 0 Å².